The van der Waals surface area contributed by atoms with Gasteiger partial charge in [0.1, 0.15) is 5.60 Å². The zero-order chi connectivity index (χ0) is 11.9. The Hall–Kier alpha value is -0.770. The summed E-state index contributed by atoms with van der Waals surface area (Å²) in [7, 11) is 0. The Balaban J connectivity index is 2.07. The van der Waals surface area contributed by atoms with Gasteiger partial charge in [-0.3, -0.25) is 0 Å². The van der Waals surface area contributed by atoms with Crippen molar-refractivity contribution in [3.8, 4) is 0 Å². The standard InChI is InChI=1S/C12H22N2O2/c1-12(2,3)16-11(15)14-8-5-4-6-10(14)9(13)7-8/h8-10H,4-7,13H2,1-3H3. The monoisotopic (exact) mass is 226 g/mol. The summed E-state index contributed by atoms with van der Waals surface area (Å²) >= 11 is 0. The highest BCUT2D eigenvalue weighted by molar-refractivity contribution is 5.70. The lowest BCUT2D eigenvalue weighted by Crippen LogP contribution is -2.49. The van der Waals surface area contributed by atoms with Crippen molar-refractivity contribution in [3.05, 3.63) is 0 Å². The Kier molecular flexibility index (Phi) is 2.86. The van der Waals surface area contributed by atoms with E-state index in [1.54, 1.807) is 0 Å². The topological polar surface area (TPSA) is 55.6 Å². The second-order valence-electron chi connectivity index (χ2n) is 5.94. The summed E-state index contributed by atoms with van der Waals surface area (Å²) in [6.07, 6.45) is 4.03. The average molecular weight is 226 g/mol. The van der Waals surface area contributed by atoms with E-state index in [-0.39, 0.29) is 18.2 Å². The van der Waals surface area contributed by atoms with E-state index >= 15 is 0 Å². The van der Waals surface area contributed by atoms with Gasteiger partial charge < -0.3 is 15.4 Å². The molecule has 3 atom stereocenters. The number of hydrogen-bond acceptors (Lipinski definition) is 3. The number of nitrogens with two attached hydrogens (primary N) is 1. The second-order valence-corrected chi connectivity index (χ2v) is 5.94. The molecule has 2 bridgehead atoms. The molecule has 2 rings (SSSR count). The highest BCUT2D eigenvalue weighted by atomic mass is 16.6. The number of amides is 1. The number of carbonyl (C=O) groups excluding carboxylic acids is 1. The molecule has 0 spiro atoms. The van der Waals surface area contributed by atoms with E-state index in [9.17, 15) is 4.79 Å². The van der Waals surface area contributed by atoms with Crippen LogP contribution in [0.3, 0.4) is 0 Å². The molecular weight excluding hydrogens is 204 g/mol. The van der Waals surface area contributed by atoms with E-state index in [1.165, 1.54) is 6.42 Å². The van der Waals surface area contributed by atoms with Gasteiger partial charge in [-0.15, -0.1) is 0 Å². The molecule has 92 valence electrons. The Morgan fingerprint density at radius 1 is 1.38 bits per heavy atom. The molecule has 2 saturated heterocycles. The third-order valence-electron chi connectivity index (χ3n) is 3.43. The minimum absolute atomic E-state index is 0.139. The van der Waals surface area contributed by atoms with Crippen LogP contribution in [0, 0.1) is 0 Å². The minimum Gasteiger partial charge on any atom is -0.444 e. The Bertz CT molecular complexity index is 285. The molecule has 0 aromatic heterocycles. The van der Waals surface area contributed by atoms with Crippen molar-refractivity contribution in [1.29, 1.82) is 0 Å². The molecule has 2 N–H and O–H groups in total. The fraction of sp³-hybridized carbons (Fsp3) is 0.917. The SMILES string of the molecule is CC(C)(C)OC(=O)N1C2CCCC1C(N)C2. The number of fused-ring (bicyclic) bond motifs is 2. The molecule has 0 aromatic rings. The van der Waals surface area contributed by atoms with E-state index in [4.69, 9.17) is 10.5 Å². The molecule has 16 heavy (non-hydrogen) atoms. The van der Waals surface area contributed by atoms with Crippen LogP contribution in [0.5, 0.6) is 0 Å². The molecule has 0 aromatic carbocycles. The zero-order valence-electron chi connectivity index (χ0n) is 10.4. The van der Waals surface area contributed by atoms with Gasteiger partial charge in [-0.25, -0.2) is 4.79 Å². The van der Waals surface area contributed by atoms with Crippen molar-refractivity contribution in [3.63, 3.8) is 0 Å². The van der Waals surface area contributed by atoms with Crippen LogP contribution in [0.2, 0.25) is 0 Å². The molecule has 2 fully saturated rings. The first-order valence-electron chi connectivity index (χ1n) is 6.15. The van der Waals surface area contributed by atoms with Crippen molar-refractivity contribution >= 4 is 6.09 Å². The van der Waals surface area contributed by atoms with Gasteiger partial charge in [-0.05, 0) is 46.5 Å². The summed E-state index contributed by atoms with van der Waals surface area (Å²) in [6, 6.07) is 0.650. The van der Waals surface area contributed by atoms with Crippen LogP contribution in [-0.4, -0.2) is 34.7 Å². The number of carbonyl (C=O) groups is 1. The predicted molar refractivity (Wildman–Crippen MR) is 62.1 cm³/mol. The molecule has 0 aliphatic carbocycles. The van der Waals surface area contributed by atoms with Gasteiger partial charge >= 0.3 is 6.09 Å². The molecule has 4 heteroatoms. The predicted octanol–water partition coefficient (Wildman–Crippen LogP) is 1.88. The lowest BCUT2D eigenvalue weighted by atomic mass is 10.0. The third-order valence-corrected chi connectivity index (χ3v) is 3.43. The van der Waals surface area contributed by atoms with Crippen LogP contribution >= 0.6 is 0 Å². The van der Waals surface area contributed by atoms with E-state index in [0.29, 0.717) is 6.04 Å². The quantitative estimate of drug-likeness (QED) is 0.686. The molecule has 4 nitrogen and oxygen atoms in total. The van der Waals surface area contributed by atoms with Gasteiger partial charge in [0.2, 0.25) is 0 Å². The van der Waals surface area contributed by atoms with E-state index in [0.717, 1.165) is 19.3 Å². The lowest BCUT2D eigenvalue weighted by Gasteiger charge is -2.36. The van der Waals surface area contributed by atoms with E-state index < -0.39 is 5.60 Å². The Morgan fingerprint density at radius 2 is 2.06 bits per heavy atom. The third kappa shape index (κ3) is 2.17. The van der Waals surface area contributed by atoms with Crippen LogP contribution in [0.4, 0.5) is 4.79 Å². The number of hydrogen-bond donors (Lipinski definition) is 1. The first-order valence-corrected chi connectivity index (χ1v) is 6.15. The normalized spacial score (nSPS) is 34.0. The van der Waals surface area contributed by atoms with Crippen LogP contribution in [0.25, 0.3) is 0 Å². The maximum atomic E-state index is 12.1. The number of ether oxygens (including phenoxy) is 1. The fourth-order valence-corrected chi connectivity index (χ4v) is 2.83. The van der Waals surface area contributed by atoms with Crippen molar-refractivity contribution < 1.29 is 9.53 Å². The van der Waals surface area contributed by atoms with Gasteiger partial charge in [0, 0.05) is 12.1 Å². The maximum Gasteiger partial charge on any atom is 0.410 e. The summed E-state index contributed by atoms with van der Waals surface area (Å²) in [6.45, 7) is 5.70. The fourth-order valence-electron chi connectivity index (χ4n) is 2.83. The Labute approximate surface area is 97.1 Å². The largest absolute Gasteiger partial charge is 0.444 e. The average Bonchev–Trinajstić information content (AvgIpc) is 2.31. The van der Waals surface area contributed by atoms with Gasteiger partial charge in [0.25, 0.3) is 0 Å². The number of nitrogens with zero attached hydrogens (tertiary/aromatic N) is 1. The van der Waals surface area contributed by atoms with Gasteiger partial charge in [-0.2, -0.15) is 0 Å². The molecule has 3 unspecified atom stereocenters. The van der Waals surface area contributed by atoms with E-state index in [1.807, 2.05) is 25.7 Å². The maximum absolute atomic E-state index is 12.1. The minimum atomic E-state index is -0.419. The molecule has 0 radical (unpaired) electrons. The smallest absolute Gasteiger partial charge is 0.410 e. The molecule has 2 aliphatic rings. The Morgan fingerprint density at radius 3 is 2.62 bits per heavy atom. The molecule has 2 heterocycles. The summed E-state index contributed by atoms with van der Waals surface area (Å²) in [4.78, 5) is 14.0. The second kappa shape index (κ2) is 3.91. The van der Waals surface area contributed by atoms with Crippen molar-refractivity contribution in [1.82, 2.24) is 4.90 Å². The van der Waals surface area contributed by atoms with Gasteiger partial charge in [0.15, 0.2) is 0 Å². The molecule has 2 aliphatic heterocycles. The van der Waals surface area contributed by atoms with E-state index in [2.05, 4.69) is 0 Å². The summed E-state index contributed by atoms with van der Waals surface area (Å²) in [5, 5.41) is 0. The highest BCUT2D eigenvalue weighted by Gasteiger charge is 2.45. The first kappa shape index (κ1) is 11.7. The molecule has 0 saturated carbocycles. The van der Waals surface area contributed by atoms with Crippen molar-refractivity contribution in [2.75, 3.05) is 0 Å². The number of rotatable bonds is 0. The van der Waals surface area contributed by atoms with Crippen LogP contribution in [0.1, 0.15) is 46.5 Å². The van der Waals surface area contributed by atoms with Crippen molar-refractivity contribution in [2.45, 2.75) is 70.2 Å². The summed E-state index contributed by atoms with van der Waals surface area (Å²) in [5.41, 5.74) is 5.64. The van der Waals surface area contributed by atoms with Gasteiger partial charge in [0.05, 0.1) is 6.04 Å². The zero-order valence-corrected chi connectivity index (χ0v) is 10.4. The van der Waals surface area contributed by atoms with Crippen molar-refractivity contribution in [2.24, 2.45) is 5.73 Å². The summed E-state index contributed by atoms with van der Waals surface area (Å²) in [5.74, 6) is 0. The van der Waals surface area contributed by atoms with Crippen LogP contribution < -0.4 is 5.73 Å². The summed E-state index contributed by atoms with van der Waals surface area (Å²) < 4.78 is 5.44. The van der Waals surface area contributed by atoms with Crippen LogP contribution in [0.15, 0.2) is 0 Å². The molecular formula is C12H22N2O2. The number of piperidine rings is 1. The van der Waals surface area contributed by atoms with Crippen LogP contribution in [-0.2, 0) is 4.74 Å². The highest BCUT2D eigenvalue weighted by Crippen LogP contribution is 2.35. The lowest BCUT2D eigenvalue weighted by molar-refractivity contribution is 0.00716. The first-order chi connectivity index (χ1) is 7.38. The van der Waals surface area contributed by atoms with Gasteiger partial charge in [-0.1, -0.05) is 0 Å². The molecule has 1 amide bonds.